The fraction of sp³-hybridized carbons (Fsp3) is 0.222. The molecular weight excluding hydrogens is 340 g/mol. The molecule has 1 fully saturated rings. The number of nitrogens with zero attached hydrogens (tertiary/aromatic N) is 2. The molecule has 1 aliphatic rings. The molecule has 1 saturated heterocycles. The molecule has 0 radical (unpaired) electrons. The van der Waals surface area contributed by atoms with E-state index in [1.54, 1.807) is 38.2 Å². The summed E-state index contributed by atoms with van der Waals surface area (Å²) in [6.07, 6.45) is 0. The van der Waals surface area contributed by atoms with Gasteiger partial charge in [0, 0.05) is 18.3 Å². The van der Waals surface area contributed by atoms with Crippen molar-refractivity contribution in [2.75, 3.05) is 22.0 Å². The van der Waals surface area contributed by atoms with E-state index in [-0.39, 0.29) is 17.3 Å². The molecule has 2 amide bonds. The van der Waals surface area contributed by atoms with Crippen LogP contribution in [0.2, 0.25) is 0 Å². The maximum absolute atomic E-state index is 12.7. The first-order valence-corrected chi connectivity index (χ1v) is 9.42. The molecule has 0 spiro atoms. The Bertz CT molecular complexity index is 925. The van der Waals surface area contributed by atoms with E-state index in [9.17, 15) is 18.0 Å². The van der Waals surface area contributed by atoms with Crippen LogP contribution in [0.1, 0.15) is 17.3 Å². The summed E-state index contributed by atoms with van der Waals surface area (Å²) in [5.74, 6) is -1.56. The van der Waals surface area contributed by atoms with E-state index in [0.717, 1.165) is 9.99 Å². The van der Waals surface area contributed by atoms with Crippen LogP contribution in [-0.2, 0) is 14.8 Å². The van der Waals surface area contributed by atoms with E-state index >= 15 is 0 Å². The highest BCUT2D eigenvalue weighted by atomic mass is 32.2. The third kappa shape index (κ3) is 3.15. The highest BCUT2D eigenvalue weighted by Crippen LogP contribution is 2.29. The SMILES string of the molecule is C[C@H]1CS(=O)(=O)N(c2cccc(C(=O)N(C)c3ccccc3)c2)C1=O. The average Bonchev–Trinajstić information content (AvgIpc) is 2.81. The third-order valence-corrected chi connectivity index (χ3v) is 6.00. The van der Waals surface area contributed by atoms with Gasteiger partial charge in [0.2, 0.25) is 15.9 Å². The van der Waals surface area contributed by atoms with Crippen LogP contribution in [0.15, 0.2) is 54.6 Å². The Morgan fingerprint density at radius 2 is 1.80 bits per heavy atom. The first-order valence-electron chi connectivity index (χ1n) is 7.81. The van der Waals surface area contributed by atoms with E-state index in [2.05, 4.69) is 0 Å². The van der Waals surface area contributed by atoms with E-state index < -0.39 is 21.8 Å². The molecule has 130 valence electrons. The Hall–Kier alpha value is -2.67. The summed E-state index contributed by atoms with van der Waals surface area (Å²) in [5.41, 5.74) is 1.23. The first-order chi connectivity index (χ1) is 11.8. The van der Waals surface area contributed by atoms with Gasteiger partial charge in [0.25, 0.3) is 5.91 Å². The number of anilines is 2. The molecule has 2 aromatic rings. The van der Waals surface area contributed by atoms with Crippen molar-refractivity contribution in [3.8, 4) is 0 Å². The molecule has 0 N–H and O–H groups in total. The molecule has 1 atom stereocenters. The van der Waals surface area contributed by atoms with Crippen molar-refractivity contribution in [2.24, 2.45) is 5.92 Å². The Labute approximate surface area is 146 Å². The smallest absolute Gasteiger partial charge is 0.258 e. The lowest BCUT2D eigenvalue weighted by molar-refractivity contribution is -0.119. The van der Waals surface area contributed by atoms with Crippen molar-refractivity contribution < 1.29 is 18.0 Å². The molecule has 6 nitrogen and oxygen atoms in total. The van der Waals surface area contributed by atoms with Crippen molar-refractivity contribution >= 4 is 33.2 Å². The van der Waals surface area contributed by atoms with Crippen LogP contribution >= 0.6 is 0 Å². The number of carbonyl (C=O) groups is 2. The molecule has 2 aromatic carbocycles. The summed E-state index contributed by atoms with van der Waals surface area (Å²) in [6.45, 7) is 1.58. The number of carbonyl (C=O) groups excluding carboxylic acids is 2. The second-order valence-corrected chi connectivity index (χ2v) is 7.89. The van der Waals surface area contributed by atoms with Gasteiger partial charge in [-0.05, 0) is 30.3 Å². The van der Waals surface area contributed by atoms with Crippen LogP contribution in [0.25, 0.3) is 0 Å². The standard InChI is InChI=1S/C18H18N2O4S/c1-13-12-25(23,24)20(17(13)21)16-10-6-7-14(11-16)18(22)19(2)15-8-4-3-5-9-15/h3-11,13H,12H2,1-2H3/t13-/m0/s1. The van der Waals surface area contributed by atoms with Crippen LogP contribution in [0.4, 0.5) is 11.4 Å². The lowest BCUT2D eigenvalue weighted by atomic mass is 10.1. The van der Waals surface area contributed by atoms with Crippen molar-refractivity contribution in [2.45, 2.75) is 6.92 Å². The van der Waals surface area contributed by atoms with Gasteiger partial charge in [-0.25, -0.2) is 12.7 Å². The van der Waals surface area contributed by atoms with Gasteiger partial charge in [0.1, 0.15) is 0 Å². The van der Waals surface area contributed by atoms with E-state index in [1.807, 2.05) is 18.2 Å². The minimum atomic E-state index is -3.69. The number of sulfonamides is 1. The zero-order valence-electron chi connectivity index (χ0n) is 13.9. The number of rotatable bonds is 3. The maximum Gasteiger partial charge on any atom is 0.258 e. The number of benzene rings is 2. The highest BCUT2D eigenvalue weighted by molar-refractivity contribution is 7.94. The maximum atomic E-state index is 12.7. The molecule has 0 aliphatic carbocycles. The average molecular weight is 358 g/mol. The summed E-state index contributed by atoms with van der Waals surface area (Å²) < 4.78 is 25.3. The van der Waals surface area contributed by atoms with E-state index in [4.69, 9.17) is 0 Å². The lowest BCUT2D eigenvalue weighted by Gasteiger charge is -2.19. The van der Waals surface area contributed by atoms with Crippen LogP contribution in [0, 0.1) is 5.92 Å². The van der Waals surface area contributed by atoms with Crippen LogP contribution in [0.5, 0.6) is 0 Å². The summed E-state index contributed by atoms with van der Waals surface area (Å²) in [4.78, 5) is 26.4. The number of para-hydroxylation sites is 1. The minimum Gasteiger partial charge on any atom is -0.311 e. The minimum absolute atomic E-state index is 0.196. The summed E-state index contributed by atoms with van der Waals surface area (Å²) in [6, 6.07) is 15.2. The van der Waals surface area contributed by atoms with Gasteiger partial charge in [-0.1, -0.05) is 31.2 Å². The predicted molar refractivity (Wildman–Crippen MR) is 96.1 cm³/mol. The molecule has 0 saturated carbocycles. The fourth-order valence-electron chi connectivity index (χ4n) is 2.81. The monoisotopic (exact) mass is 358 g/mol. The fourth-order valence-corrected chi connectivity index (χ4v) is 4.63. The van der Waals surface area contributed by atoms with Crippen LogP contribution < -0.4 is 9.21 Å². The Kier molecular flexibility index (Phi) is 4.34. The van der Waals surface area contributed by atoms with Crippen molar-refractivity contribution in [1.29, 1.82) is 0 Å². The molecule has 7 heteroatoms. The van der Waals surface area contributed by atoms with Crippen molar-refractivity contribution in [1.82, 2.24) is 0 Å². The normalized spacial score (nSPS) is 19.0. The quantitative estimate of drug-likeness (QED) is 0.844. The van der Waals surface area contributed by atoms with Gasteiger partial charge in [-0.3, -0.25) is 9.59 Å². The summed E-state index contributed by atoms with van der Waals surface area (Å²) >= 11 is 0. The first kappa shape index (κ1) is 17.2. The largest absolute Gasteiger partial charge is 0.311 e. The van der Waals surface area contributed by atoms with Crippen molar-refractivity contribution in [3.63, 3.8) is 0 Å². The van der Waals surface area contributed by atoms with Crippen LogP contribution in [0.3, 0.4) is 0 Å². The van der Waals surface area contributed by atoms with Gasteiger partial charge in [0.05, 0.1) is 17.4 Å². The summed E-state index contributed by atoms with van der Waals surface area (Å²) in [5, 5.41) is 0. The topological polar surface area (TPSA) is 74.8 Å². The second kappa shape index (κ2) is 6.33. The van der Waals surface area contributed by atoms with E-state index in [1.165, 1.54) is 17.0 Å². The Morgan fingerprint density at radius 3 is 2.40 bits per heavy atom. The van der Waals surface area contributed by atoms with Gasteiger partial charge in [-0.15, -0.1) is 0 Å². The highest BCUT2D eigenvalue weighted by Gasteiger charge is 2.42. The molecular formula is C18H18N2O4S. The molecule has 1 aliphatic heterocycles. The molecule has 1 heterocycles. The molecule has 0 aromatic heterocycles. The summed E-state index contributed by atoms with van der Waals surface area (Å²) in [7, 11) is -2.05. The number of hydrogen-bond donors (Lipinski definition) is 0. The second-order valence-electron chi connectivity index (χ2n) is 6.03. The van der Waals surface area contributed by atoms with Crippen molar-refractivity contribution in [3.05, 3.63) is 60.2 Å². The van der Waals surface area contributed by atoms with Gasteiger partial charge in [0.15, 0.2) is 0 Å². The molecule has 0 bridgehead atoms. The zero-order valence-corrected chi connectivity index (χ0v) is 14.7. The van der Waals surface area contributed by atoms with Crippen LogP contribution in [-0.4, -0.2) is 33.0 Å². The number of hydrogen-bond acceptors (Lipinski definition) is 4. The van der Waals surface area contributed by atoms with Gasteiger partial charge < -0.3 is 4.90 Å². The molecule has 3 rings (SSSR count). The predicted octanol–water partition coefficient (Wildman–Crippen LogP) is 2.28. The molecule has 0 unspecified atom stereocenters. The zero-order chi connectivity index (χ0) is 18.2. The lowest BCUT2D eigenvalue weighted by Crippen LogP contribution is -2.31. The Morgan fingerprint density at radius 1 is 1.12 bits per heavy atom. The van der Waals surface area contributed by atoms with Gasteiger partial charge >= 0.3 is 0 Å². The van der Waals surface area contributed by atoms with Gasteiger partial charge in [-0.2, -0.15) is 0 Å². The third-order valence-electron chi connectivity index (χ3n) is 4.14. The number of amides is 2. The molecule has 25 heavy (non-hydrogen) atoms. The van der Waals surface area contributed by atoms with E-state index in [0.29, 0.717) is 5.56 Å². The Balaban J connectivity index is 1.95.